The summed E-state index contributed by atoms with van der Waals surface area (Å²) in [5, 5.41) is 0. The minimum absolute atomic E-state index is 0.000323. The lowest BCUT2D eigenvalue weighted by Crippen LogP contribution is -2.40. The van der Waals surface area contributed by atoms with Gasteiger partial charge in [-0.1, -0.05) is 36.4 Å². The van der Waals surface area contributed by atoms with Gasteiger partial charge in [-0.05, 0) is 49.4 Å². The summed E-state index contributed by atoms with van der Waals surface area (Å²) in [5.41, 5.74) is 3.87. The van der Waals surface area contributed by atoms with Crippen molar-refractivity contribution in [3.8, 4) is 0 Å². The third-order valence-electron chi connectivity index (χ3n) is 5.45. The zero-order valence-electron chi connectivity index (χ0n) is 15.5. The van der Waals surface area contributed by atoms with Gasteiger partial charge in [0.05, 0.1) is 11.4 Å². The smallest absolute Gasteiger partial charge is 0.235 e. The molecule has 1 atom stereocenters. The summed E-state index contributed by atoms with van der Waals surface area (Å²) in [5.74, 6) is -0.285. The molecule has 0 aliphatic carbocycles. The second kappa shape index (κ2) is 7.00. The van der Waals surface area contributed by atoms with Gasteiger partial charge in [0.15, 0.2) is 0 Å². The van der Waals surface area contributed by atoms with E-state index in [-0.39, 0.29) is 24.1 Å². The van der Waals surface area contributed by atoms with Gasteiger partial charge >= 0.3 is 0 Å². The molecule has 0 saturated carbocycles. The Morgan fingerprint density at radius 3 is 2.48 bits per heavy atom. The molecular weight excluding hydrogens is 360 g/mol. The first kappa shape index (κ1) is 18.0. The minimum Gasteiger partial charge on any atom is -0.309 e. The highest BCUT2D eigenvalue weighted by atomic mass is 32.2. The molecule has 0 radical (unpaired) electrons. The first-order valence-electron chi connectivity index (χ1n) is 9.45. The van der Waals surface area contributed by atoms with E-state index in [4.69, 9.17) is 0 Å². The van der Waals surface area contributed by atoms with E-state index in [1.165, 1.54) is 4.31 Å². The molecule has 0 N–H and O–H groups in total. The highest BCUT2D eigenvalue weighted by Crippen LogP contribution is 2.33. The molecule has 1 amide bonds. The van der Waals surface area contributed by atoms with Gasteiger partial charge in [0.25, 0.3) is 0 Å². The van der Waals surface area contributed by atoms with Crippen LogP contribution in [0.3, 0.4) is 0 Å². The maximum atomic E-state index is 12.9. The quantitative estimate of drug-likeness (QED) is 0.814. The van der Waals surface area contributed by atoms with E-state index >= 15 is 0 Å². The molecule has 27 heavy (non-hydrogen) atoms. The van der Waals surface area contributed by atoms with Crippen LogP contribution in [0.4, 0.5) is 11.4 Å². The van der Waals surface area contributed by atoms with Crippen LogP contribution in [0.25, 0.3) is 0 Å². The molecule has 0 fully saturated rings. The van der Waals surface area contributed by atoms with Crippen molar-refractivity contribution in [2.45, 2.75) is 38.6 Å². The van der Waals surface area contributed by atoms with Gasteiger partial charge in [0, 0.05) is 24.7 Å². The highest BCUT2D eigenvalue weighted by molar-refractivity contribution is 7.92. The van der Waals surface area contributed by atoms with E-state index in [1.54, 1.807) is 4.90 Å². The predicted octanol–water partition coefficient (Wildman–Crippen LogP) is 3.14. The molecule has 2 aromatic carbocycles. The fraction of sp³-hybridized carbons (Fsp3) is 0.381. The summed E-state index contributed by atoms with van der Waals surface area (Å²) < 4.78 is 27.4. The van der Waals surface area contributed by atoms with E-state index in [0.717, 1.165) is 41.8 Å². The number of carbonyl (C=O) groups is 1. The van der Waals surface area contributed by atoms with Crippen molar-refractivity contribution in [1.29, 1.82) is 0 Å². The largest absolute Gasteiger partial charge is 0.309 e. The SMILES string of the molecule is CC1Cc2ccccc2N1C(=O)CCS(=O)(=O)N1CCCc2ccccc21. The first-order chi connectivity index (χ1) is 13.0. The lowest BCUT2D eigenvalue weighted by Gasteiger charge is -2.30. The Bertz CT molecular complexity index is 971. The number of hydrogen-bond donors (Lipinski definition) is 0. The topological polar surface area (TPSA) is 57.7 Å². The molecule has 0 spiro atoms. The van der Waals surface area contributed by atoms with Crippen LogP contribution in [-0.2, 0) is 27.7 Å². The lowest BCUT2D eigenvalue weighted by molar-refractivity contribution is -0.118. The monoisotopic (exact) mass is 384 g/mol. The van der Waals surface area contributed by atoms with E-state index in [9.17, 15) is 13.2 Å². The third kappa shape index (κ3) is 3.34. The maximum absolute atomic E-state index is 12.9. The molecule has 0 aromatic heterocycles. The number of anilines is 2. The van der Waals surface area contributed by atoms with Crippen molar-refractivity contribution >= 4 is 27.3 Å². The van der Waals surface area contributed by atoms with Gasteiger partial charge in [0.1, 0.15) is 0 Å². The molecule has 142 valence electrons. The predicted molar refractivity (Wildman–Crippen MR) is 108 cm³/mol. The van der Waals surface area contributed by atoms with Crippen LogP contribution < -0.4 is 9.21 Å². The summed E-state index contributed by atoms with van der Waals surface area (Å²) in [7, 11) is -3.53. The van der Waals surface area contributed by atoms with Crippen molar-refractivity contribution in [3.05, 3.63) is 59.7 Å². The number of fused-ring (bicyclic) bond motifs is 2. The fourth-order valence-corrected chi connectivity index (χ4v) is 5.72. The number of rotatable bonds is 4. The van der Waals surface area contributed by atoms with E-state index in [1.807, 2.05) is 55.5 Å². The number of para-hydroxylation sites is 2. The Labute approximate surface area is 160 Å². The molecule has 2 aliphatic rings. The van der Waals surface area contributed by atoms with E-state index < -0.39 is 10.0 Å². The number of hydrogen-bond acceptors (Lipinski definition) is 3. The number of nitrogens with zero attached hydrogens (tertiary/aromatic N) is 2. The Morgan fingerprint density at radius 2 is 1.70 bits per heavy atom. The molecule has 1 unspecified atom stereocenters. The molecule has 5 nitrogen and oxygen atoms in total. The summed E-state index contributed by atoms with van der Waals surface area (Å²) in [6.07, 6.45) is 2.51. The number of sulfonamides is 1. The highest BCUT2D eigenvalue weighted by Gasteiger charge is 2.33. The maximum Gasteiger partial charge on any atom is 0.235 e. The molecule has 6 heteroatoms. The van der Waals surface area contributed by atoms with Crippen LogP contribution in [0.2, 0.25) is 0 Å². The van der Waals surface area contributed by atoms with Crippen molar-refractivity contribution < 1.29 is 13.2 Å². The number of amides is 1. The molecule has 4 rings (SSSR count). The molecule has 2 aliphatic heterocycles. The van der Waals surface area contributed by atoms with Gasteiger partial charge in [-0.3, -0.25) is 9.10 Å². The fourth-order valence-electron chi connectivity index (χ4n) is 4.18. The molecule has 0 saturated heterocycles. The van der Waals surface area contributed by atoms with Crippen LogP contribution in [0, 0.1) is 0 Å². The second-order valence-corrected chi connectivity index (χ2v) is 9.33. The second-order valence-electron chi connectivity index (χ2n) is 7.32. The standard InChI is InChI=1S/C21H24N2O3S/c1-16-15-18-8-3-5-11-20(18)23(16)21(24)12-14-27(25,26)22-13-6-9-17-7-2-4-10-19(17)22/h2-5,7-8,10-11,16H,6,9,12-15H2,1H3. The zero-order valence-corrected chi connectivity index (χ0v) is 16.3. The van der Waals surface area contributed by atoms with E-state index in [0.29, 0.717) is 6.54 Å². The summed E-state index contributed by atoms with van der Waals surface area (Å²) in [4.78, 5) is 14.6. The first-order valence-corrected chi connectivity index (χ1v) is 11.1. The zero-order chi connectivity index (χ0) is 19.0. The van der Waals surface area contributed by atoms with Crippen LogP contribution >= 0.6 is 0 Å². The molecule has 2 aromatic rings. The molecular formula is C21H24N2O3S. The van der Waals surface area contributed by atoms with Crippen molar-refractivity contribution in [3.63, 3.8) is 0 Å². The average Bonchev–Trinajstić information content (AvgIpc) is 3.01. The summed E-state index contributed by atoms with van der Waals surface area (Å²) in [6, 6.07) is 15.5. The van der Waals surface area contributed by atoms with Crippen molar-refractivity contribution in [2.24, 2.45) is 0 Å². The summed E-state index contributed by atoms with van der Waals surface area (Å²) >= 11 is 0. The van der Waals surface area contributed by atoms with Crippen LogP contribution in [0.15, 0.2) is 48.5 Å². The minimum atomic E-state index is -3.53. The Kier molecular flexibility index (Phi) is 4.68. The lowest BCUT2D eigenvalue weighted by atomic mass is 10.0. The van der Waals surface area contributed by atoms with Crippen molar-refractivity contribution in [2.75, 3.05) is 21.5 Å². The van der Waals surface area contributed by atoms with Crippen molar-refractivity contribution in [1.82, 2.24) is 0 Å². The van der Waals surface area contributed by atoms with Crippen LogP contribution in [0.5, 0.6) is 0 Å². The molecule has 0 bridgehead atoms. The van der Waals surface area contributed by atoms with Gasteiger partial charge in [-0.2, -0.15) is 0 Å². The number of benzene rings is 2. The Balaban J connectivity index is 1.50. The van der Waals surface area contributed by atoms with Gasteiger partial charge in [-0.15, -0.1) is 0 Å². The summed E-state index contributed by atoms with van der Waals surface area (Å²) in [6.45, 7) is 2.49. The van der Waals surface area contributed by atoms with Crippen LogP contribution in [0.1, 0.15) is 30.9 Å². The number of carbonyl (C=O) groups excluding carboxylic acids is 1. The van der Waals surface area contributed by atoms with Gasteiger partial charge in [-0.25, -0.2) is 8.42 Å². The van der Waals surface area contributed by atoms with E-state index in [2.05, 4.69) is 0 Å². The average molecular weight is 385 g/mol. The normalized spacial score (nSPS) is 18.9. The van der Waals surface area contributed by atoms with Gasteiger partial charge < -0.3 is 4.90 Å². The Hall–Kier alpha value is -2.34. The third-order valence-corrected chi connectivity index (χ3v) is 7.22. The van der Waals surface area contributed by atoms with Gasteiger partial charge in [0.2, 0.25) is 15.9 Å². The number of aryl methyl sites for hydroxylation is 1. The van der Waals surface area contributed by atoms with Crippen LogP contribution in [-0.4, -0.2) is 32.7 Å². The molecule has 2 heterocycles. The Morgan fingerprint density at radius 1 is 1.04 bits per heavy atom.